The molecule has 2 atom stereocenters. The number of benzene rings is 2. The number of carbonyl (C=O) groups excluding carboxylic acids is 2. The van der Waals surface area contributed by atoms with E-state index in [9.17, 15) is 19.7 Å². The Kier molecular flexibility index (Phi) is 7.85. The van der Waals surface area contributed by atoms with Gasteiger partial charge >= 0.3 is 5.97 Å². The van der Waals surface area contributed by atoms with Crippen molar-refractivity contribution in [3.63, 3.8) is 0 Å². The van der Waals surface area contributed by atoms with Crippen molar-refractivity contribution in [2.75, 3.05) is 14.2 Å². The average molecular weight is 567 g/mol. The van der Waals surface area contributed by atoms with Gasteiger partial charge in [-0.15, -0.1) is 0 Å². The van der Waals surface area contributed by atoms with Gasteiger partial charge in [0, 0.05) is 35.4 Å². The lowest BCUT2D eigenvalue weighted by Gasteiger charge is -2.37. The second-order valence-corrected chi connectivity index (χ2v) is 10.8. The molecule has 3 aliphatic rings. The van der Waals surface area contributed by atoms with E-state index in [2.05, 4.69) is 5.32 Å². The number of hydrogen-bond acceptors (Lipinski definition) is 8. The standard InChI is InChI=1S/C30H31ClN2O7/c1-16-27(30(35)40-20-6-4-5-7-20)28(18-8-10-21(31)23(13-18)33(36)37)29-22(32-16)12-19(14-24(29)34)17-9-11-25(38-2)26(15-17)39-3/h8-11,13,15,19-20,28,32H,4-7,12,14H2,1-3H3/t19-,28+/m0/s1. The number of carbonyl (C=O) groups is 2. The predicted octanol–water partition coefficient (Wildman–Crippen LogP) is 6.11. The van der Waals surface area contributed by atoms with Gasteiger partial charge < -0.3 is 19.5 Å². The zero-order chi connectivity index (χ0) is 28.6. The minimum absolute atomic E-state index is 0.0174. The minimum Gasteiger partial charge on any atom is -0.493 e. The number of methoxy groups -OCH3 is 2. The molecule has 0 spiro atoms. The normalized spacial score (nSPS) is 21.1. The third kappa shape index (κ3) is 5.18. The average Bonchev–Trinajstić information content (AvgIpc) is 3.44. The summed E-state index contributed by atoms with van der Waals surface area (Å²) in [6.07, 6.45) is 4.10. The topological polar surface area (TPSA) is 117 Å². The van der Waals surface area contributed by atoms with E-state index < -0.39 is 16.8 Å². The quantitative estimate of drug-likeness (QED) is 0.242. The van der Waals surface area contributed by atoms with E-state index in [0.717, 1.165) is 31.2 Å². The van der Waals surface area contributed by atoms with Crippen molar-refractivity contribution in [2.45, 2.75) is 63.4 Å². The molecule has 2 aromatic rings. The number of rotatable bonds is 7. The summed E-state index contributed by atoms with van der Waals surface area (Å²) in [5.41, 5.74) is 3.05. The van der Waals surface area contributed by atoms with Gasteiger partial charge in [0.05, 0.1) is 24.7 Å². The van der Waals surface area contributed by atoms with Crippen LogP contribution in [0.25, 0.3) is 0 Å². The first kappa shape index (κ1) is 27.7. The molecule has 10 heteroatoms. The molecule has 5 rings (SSSR count). The second-order valence-electron chi connectivity index (χ2n) is 10.4. The second kappa shape index (κ2) is 11.3. The molecule has 2 aromatic carbocycles. The first-order valence-corrected chi connectivity index (χ1v) is 13.7. The van der Waals surface area contributed by atoms with Crippen LogP contribution in [-0.4, -0.2) is 37.0 Å². The van der Waals surface area contributed by atoms with Crippen LogP contribution >= 0.6 is 11.6 Å². The summed E-state index contributed by atoms with van der Waals surface area (Å²) in [6, 6.07) is 10.0. The Morgan fingerprint density at radius 1 is 1.02 bits per heavy atom. The van der Waals surface area contributed by atoms with Crippen LogP contribution < -0.4 is 14.8 Å². The molecule has 1 aliphatic heterocycles. The molecule has 1 fully saturated rings. The van der Waals surface area contributed by atoms with Gasteiger partial charge in [0.1, 0.15) is 11.1 Å². The molecule has 1 heterocycles. The summed E-state index contributed by atoms with van der Waals surface area (Å²) in [7, 11) is 3.13. The number of nitrogens with zero attached hydrogens (tertiary/aromatic N) is 1. The highest BCUT2D eigenvalue weighted by molar-refractivity contribution is 6.32. The SMILES string of the molecule is COc1ccc([C@@H]2CC(=O)C3=C(C2)NC(C)=C(C(=O)OC2CCCC2)[C@H]3c2ccc(Cl)c([N+](=O)[O-])c2)cc1OC. The Balaban J connectivity index is 1.57. The van der Waals surface area contributed by atoms with Crippen molar-refractivity contribution >= 4 is 29.0 Å². The third-order valence-corrected chi connectivity index (χ3v) is 8.32. The number of halogens is 1. The maximum atomic E-state index is 13.9. The molecule has 0 aromatic heterocycles. The summed E-state index contributed by atoms with van der Waals surface area (Å²) < 4.78 is 16.7. The first-order valence-electron chi connectivity index (χ1n) is 13.3. The van der Waals surface area contributed by atoms with Crippen molar-refractivity contribution in [1.29, 1.82) is 0 Å². The summed E-state index contributed by atoms with van der Waals surface area (Å²) in [5.74, 6) is -0.449. The Morgan fingerprint density at radius 3 is 2.40 bits per heavy atom. The molecule has 2 aliphatic carbocycles. The largest absolute Gasteiger partial charge is 0.493 e. The van der Waals surface area contributed by atoms with Crippen LogP contribution in [0.2, 0.25) is 5.02 Å². The Bertz CT molecular complexity index is 1440. The van der Waals surface area contributed by atoms with Gasteiger partial charge in [-0.2, -0.15) is 0 Å². The summed E-state index contributed by atoms with van der Waals surface area (Å²) in [6.45, 7) is 1.77. The zero-order valence-electron chi connectivity index (χ0n) is 22.6. The van der Waals surface area contributed by atoms with E-state index in [1.54, 1.807) is 27.2 Å². The van der Waals surface area contributed by atoms with Crippen LogP contribution in [0.3, 0.4) is 0 Å². The lowest BCUT2D eigenvalue weighted by molar-refractivity contribution is -0.384. The van der Waals surface area contributed by atoms with Gasteiger partial charge in [-0.05, 0) is 74.3 Å². The smallest absolute Gasteiger partial charge is 0.337 e. The van der Waals surface area contributed by atoms with Crippen LogP contribution in [0.5, 0.6) is 11.5 Å². The molecule has 210 valence electrons. The van der Waals surface area contributed by atoms with Crippen LogP contribution in [0, 0.1) is 10.1 Å². The van der Waals surface area contributed by atoms with Gasteiger partial charge in [0.15, 0.2) is 17.3 Å². The fourth-order valence-corrected chi connectivity index (χ4v) is 6.24. The fourth-order valence-electron chi connectivity index (χ4n) is 6.06. The molecule has 1 saturated carbocycles. The summed E-state index contributed by atoms with van der Waals surface area (Å²) in [5, 5.41) is 15.0. The number of hydrogen-bond donors (Lipinski definition) is 1. The number of ketones is 1. The van der Waals surface area contributed by atoms with Crippen molar-refractivity contribution in [3.05, 3.63) is 85.2 Å². The van der Waals surface area contributed by atoms with E-state index in [0.29, 0.717) is 46.0 Å². The van der Waals surface area contributed by atoms with E-state index in [1.165, 1.54) is 12.1 Å². The monoisotopic (exact) mass is 566 g/mol. The van der Waals surface area contributed by atoms with E-state index in [1.807, 2.05) is 18.2 Å². The zero-order valence-corrected chi connectivity index (χ0v) is 23.4. The summed E-state index contributed by atoms with van der Waals surface area (Å²) in [4.78, 5) is 38.6. The van der Waals surface area contributed by atoms with Gasteiger partial charge in [-0.25, -0.2) is 4.79 Å². The van der Waals surface area contributed by atoms with E-state index >= 15 is 0 Å². The highest BCUT2D eigenvalue weighted by Gasteiger charge is 2.42. The maximum absolute atomic E-state index is 13.9. The van der Waals surface area contributed by atoms with Crippen molar-refractivity contribution < 1.29 is 28.7 Å². The van der Waals surface area contributed by atoms with Crippen LogP contribution in [0.15, 0.2) is 58.9 Å². The molecule has 40 heavy (non-hydrogen) atoms. The number of esters is 1. The molecule has 0 radical (unpaired) electrons. The van der Waals surface area contributed by atoms with Gasteiger partial charge in [-0.1, -0.05) is 23.7 Å². The lowest BCUT2D eigenvalue weighted by Crippen LogP contribution is -2.36. The number of nitro groups is 1. The minimum atomic E-state index is -0.819. The first-order chi connectivity index (χ1) is 19.2. The van der Waals surface area contributed by atoms with Crippen LogP contribution in [-0.2, 0) is 14.3 Å². The molecule has 0 bridgehead atoms. The number of nitro benzene ring substituents is 1. The van der Waals surface area contributed by atoms with E-state index in [-0.39, 0.29) is 34.9 Å². The third-order valence-electron chi connectivity index (χ3n) is 8.00. The Hall–Kier alpha value is -3.85. The molecule has 0 amide bonds. The van der Waals surface area contributed by atoms with Gasteiger partial charge in [0.25, 0.3) is 5.69 Å². The predicted molar refractivity (Wildman–Crippen MR) is 149 cm³/mol. The van der Waals surface area contributed by atoms with Gasteiger partial charge in [-0.3, -0.25) is 14.9 Å². The lowest BCUT2D eigenvalue weighted by atomic mass is 9.71. The van der Waals surface area contributed by atoms with Crippen molar-refractivity contribution in [3.8, 4) is 11.5 Å². The Labute approximate surface area is 237 Å². The molecular weight excluding hydrogens is 536 g/mol. The van der Waals surface area contributed by atoms with Crippen LogP contribution in [0.4, 0.5) is 5.69 Å². The molecule has 0 saturated heterocycles. The van der Waals surface area contributed by atoms with Gasteiger partial charge in [0.2, 0.25) is 0 Å². The number of nitrogens with one attached hydrogen (secondary N) is 1. The maximum Gasteiger partial charge on any atom is 0.337 e. The summed E-state index contributed by atoms with van der Waals surface area (Å²) >= 11 is 6.11. The molecule has 0 unspecified atom stereocenters. The number of allylic oxidation sites excluding steroid dienone is 3. The molecular formula is C30H31ClN2O7. The fraction of sp³-hybridized carbons (Fsp3) is 0.400. The number of Topliss-reactive ketones (excluding diaryl/α,β-unsaturated/α-hetero) is 1. The number of dihydropyridines is 1. The van der Waals surface area contributed by atoms with Crippen molar-refractivity contribution in [1.82, 2.24) is 5.32 Å². The highest BCUT2D eigenvalue weighted by atomic mass is 35.5. The van der Waals surface area contributed by atoms with Crippen LogP contribution in [0.1, 0.15) is 68.4 Å². The molecule has 9 nitrogen and oxygen atoms in total. The van der Waals surface area contributed by atoms with E-state index in [4.69, 9.17) is 25.8 Å². The highest BCUT2D eigenvalue weighted by Crippen LogP contribution is 2.47. The van der Waals surface area contributed by atoms with Crippen molar-refractivity contribution in [2.24, 2.45) is 0 Å². The molecule has 1 N–H and O–H groups in total. The Morgan fingerprint density at radius 2 is 1.73 bits per heavy atom. The number of ether oxygens (including phenoxy) is 3.